The van der Waals surface area contributed by atoms with Crippen LogP contribution in [0.3, 0.4) is 0 Å². The lowest BCUT2D eigenvalue weighted by molar-refractivity contribution is -0.0666. The van der Waals surface area contributed by atoms with Gasteiger partial charge in [0.2, 0.25) is 0 Å². The molecule has 0 saturated carbocycles. The molecule has 4 heteroatoms. The van der Waals surface area contributed by atoms with Gasteiger partial charge in [-0.1, -0.05) is 6.07 Å². The van der Waals surface area contributed by atoms with Crippen molar-refractivity contribution in [3.05, 3.63) is 23.8 Å². The second-order valence-electron chi connectivity index (χ2n) is 5.67. The third kappa shape index (κ3) is 2.42. The molecule has 2 heterocycles. The number of rotatable bonds is 3. The Balaban J connectivity index is 1.90. The molecule has 1 aromatic rings. The molecule has 0 radical (unpaired) electrons. The van der Waals surface area contributed by atoms with Crippen LogP contribution < -0.4 is 15.2 Å². The molecule has 1 unspecified atom stereocenters. The zero-order valence-corrected chi connectivity index (χ0v) is 11.4. The maximum absolute atomic E-state index is 5.98. The summed E-state index contributed by atoms with van der Waals surface area (Å²) in [5.41, 5.74) is 7.28. The van der Waals surface area contributed by atoms with E-state index < -0.39 is 0 Å². The van der Waals surface area contributed by atoms with Gasteiger partial charge in [0, 0.05) is 17.9 Å². The lowest BCUT2D eigenvalue weighted by Crippen LogP contribution is -2.49. The molecule has 0 spiro atoms. The predicted octanol–water partition coefficient (Wildman–Crippen LogP) is 1.85. The maximum Gasteiger partial charge on any atom is 0.161 e. The van der Waals surface area contributed by atoms with Gasteiger partial charge in [-0.3, -0.25) is 0 Å². The molecule has 2 N–H and O–H groups in total. The normalized spacial score (nSPS) is 22.2. The van der Waals surface area contributed by atoms with Crippen molar-refractivity contribution >= 4 is 0 Å². The molecule has 1 atom stereocenters. The van der Waals surface area contributed by atoms with Crippen LogP contribution in [0.1, 0.15) is 25.3 Å². The number of nitrogens with two attached hydrogens (primary N) is 1. The zero-order valence-electron chi connectivity index (χ0n) is 11.4. The summed E-state index contributed by atoms with van der Waals surface area (Å²) in [6.45, 7) is 4.97. The fourth-order valence-corrected chi connectivity index (χ4v) is 2.86. The van der Waals surface area contributed by atoms with Crippen molar-refractivity contribution in [1.82, 2.24) is 0 Å². The minimum absolute atomic E-state index is 0.0544. The van der Waals surface area contributed by atoms with Crippen LogP contribution in [0.4, 0.5) is 0 Å². The molecule has 0 amide bonds. The van der Waals surface area contributed by atoms with Crippen molar-refractivity contribution in [2.24, 2.45) is 5.73 Å². The molecule has 1 saturated heterocycles. The number of hydrogen-bond donors (Lipinski definition) is 1. The minimum Gasteiger partial charge on any atom is -0.490 e. The summed E-state index contributed by atoms with van der Waals surface area (Å²) >= 11 is 0. The van der Waals surface area contributed by atoms with E-state index in [1.807, 2.05) is 13.0 Å². The quantitative estimate of drug-likeness (QED) is 0.904. The molecule has 3 rings (SSSR count). The highest BCUT2D eigenvalue weighted by Gasteiger charge is 2.41. The Labute approximate surface area is 113 Å². The average Bonchev–Trinajstić information content (AvgIpc) is 2.57. The Bertz CT molecular complexity index is 455. The molecule has 1 aromatic carbocycles. The fourth-order valence-electron chi connectivity index (χ4n) is 2.86. The molecule has 0 aliphatic carbocycles. The molecule has 1 fully saturated rings. The van der Waals surface area contributed by atoms with Crippen molar-refractivity contribution in [2.45, 2.75) is 31.2 Å². The van der Waals surface area contributed by atoms with Gasteiger partial charge in [0.05, 0.1) is 26.4 Å². The Hall–Kier alpha value is -1.26. The van der Waals surface area contributed by atoms with Crippen LogP contribution in [0.5, 0.6) is 11.5 Å². The Morgan fingerprint density at radius 2 is 1.95 bits per heavy atom. The average molecular weight is 263 g/mol. The molecule has 2 aliphatic rings. The Kier molecular flexibility index (Phi) is 3.37. The van der Waals surface area contributed by atoms with Crippen molar-refractivity contribution < 1.29 is 14.2 Å². The Morgan fingerprint density at radius 1 is 1.21 bits per heavy atom. The Morgan fingerprint density at radius 3 is 2.58 bits per heavy atom. The number of fused-ring (bicyclic) bond motifs is 1. The van der Waals surface area contributed by atoms with Crippen molar-refractivity contribution in [1.29, 1.82) is 0 Å². The standard InChI is InChI=1S/C15H21NO3/c1-11(16)8-15(9-17-10-15)12-3-4-13-14(7-12)19-6-2-5-18-13/h3-4,7,11H,2,5-6,8-10,16H2,1H3. The maximum atomic E-state index is 5.98. The smallest absolute Gasteiger partial charge is 0.161 e. The fraction of sp³-hybridized carbons (Fsp3) is 0.600. The van der Waals surface area contributed by atoms with E-state index in [1.54, 1.807) is 0 Å². The summed E-state index contributed by atoms with van der Waals surface area (Å²) in [6, 6.07) is 6.40. The molecule has 104 valence electrons. The SMILES string of the molecule is CC(N)CC1(c2ccc3c(c2)OCCCO3)COC1. The van der Waals surface area contributed by atoms with Crippen LogP contribution in [-0.2, 0) is 10.2 Å². The topological polar surface area (TPSA) is 53.7 Å². The summed E-state index contributed by atoms with van der Waals surface area (Å²) in [7, 11) is 0. The highest BCUT2D eigenvalue weighted by molar-refractivity contribution is 5.46. The van der Waals surface area contributed by atoms with Crippen LogP contribution >= 0.6 is 0 Å². The highest BCUT2D eigenvalue weighted by Crippen LogP contribution is 2.41. The van der Waals surface area contributed by atoms with Gasteiger partial charge in [0.15, 0.2) is 11.5 Å². The minimum atomic E-state index is 0.0544. The second-order valence-corrected chi connectivity index (χ2v) is 5.67. The van der Waals surface area contributed by atoms with Gasteiger partial charge in [0.1, 0.15) is 0 Å². The predicted molar refractivity (Wildman–Crippen MR) is 72.8 cm³/mol. The number of hydrogen-bond acceptors (Lipinski definition) is 4. The summed E-state index contributed by atoms with van der Waals surface area (Å²) in [6.07, 6.45) is 1.87. The van der Waals surface area contributed by atoms with E-state index in [0.29, 0.717) is 6.61 Å². The molecule has 2 aliphatic heterocycles. The van der Waals surface area contributed by atoms with E-state index in [9.17, 15) is 0 Å². The van der Waals surface area contributed by atoms with Crippen LogP contribution in [0.25, 0.3) is 0 Å². The van der Waals surface area contributed by atoms with Crippen molar-refractivity contribution in [3.8, 4) is 11.5 Å². The van der Waals surface area contributed by atoms with Crippen LogP contribution in [0.2, 0.25) is 0 Å². The first-order valence-electron chi connectivity index (χ1n) is 6.93. The van der Waals surface area contributed by atoms with Crippen LogP contribution in [0.15, 0.2) is 18.2 Å². The van der Waals surface area contributed by atoms with Crippen LogP contribution in [-0.4, -0.2) is 32.5 Å². The van der Waals surface area contributed by atoms with Crippen molar-refractivity contribution in [3.63, 3.8) is 0 Å². The summed E-state index contributed by atoms with van der Waals surface area (Å²) < 4.78 is 16.9. The molecule has 4 nitrogen and oxygen atoms in total. The van der Waals surface area contributed by atoms with Gasteiger partial charge in [0.25, 0.3) is 0 Å². The van der Waals surface area contributed by atoms with Crippen molar-refractivity contribution in [2.75, 3.05) is 26.4 Å². The van der Waals surface area contributed by atoms with E-state index in [-0.39, 0.29) is 11.5 Å². The first kappa shape index (κ1) is 12.8. The van der Waals surface area contributed by atoms with Gasteiger partial charge in [-0.05, 0) is 31.0 Å². The summed E-state index contributed by atoms with van der Waals surface area (Å²) in [5, 5.41) is 0. The third-order valence-corrected chi connectivity index (χ3v) is 3.83. The largest absolute Gasteiger partial charge is 0.490 e. The van der Waals surface area contributed by atoms with Gasteiger partial charge in [-0.2, -0.15) is 0 Å². The number of ether oxygens (including phenoxy) is 3. The van der Waals surface area contributed by atoms with E-state index >= 15 is 0 Å². The summed E-state index contributed by atoms with van der Waals surface area (Å²) in [5.74, 6) is 1.70. The molecular weight excluding hydrogens is 242 g/mol. The highest BCUT2D eigenvalue weighted by atomic mass is 16.5. The van der Waals surface area contributed by atoms with E-state index in [2.05, 4.69) is 12.1 Å². The van der Waals surface area contributed by atoms with Crippen LogP contribution in [0, 0.1) is 0 Å². The second kappa shape index (κ2) is 5.02. The molecular formula is C15H21NO3. The number of benzene rings is 1. The van der Waals surface area contributed by atoms with Gasteiger partial charge < -0.3 is 19.9 Å². The lowest BCUT2D eigenvalue weighted by Gasteiger charge is -2.43. The third-order valence-electron chi connectivity index (χ3n) is 3.83. The van der Waals surface area contributed by atoms with Gasteiger partial charge in [-0.15, -0.1) is 0 Å². The van der Waals surface area contributed by atoms with E-state index in [0.717, 1.165) is 44.2 Å². The van der Waals surface area contributed by atoms with E-state index in [1.165, 1.54) is 5.56 Å². The molecule has 0 aromatic heterocycles. The van der Waals surface area contributed by atoms with Gasteiger partial charge in [-0.25, -0.2) is 0 Å². The zero-order chi connectivity index (χ0) is 13.3. The molecule has 19 heavy (non-hydrogen) atoms. The lowest BCUT2D eigenvalue weighted by atomic mass is 9.74. The first-order chi connectivity index (χ1) is 9.20. The van der Waals surface area contributed by atoms with Gasteiger partial charge >= 0.3 is 0 Å². The monoisotopic (exact) mass is 263 g/mol. The molecule has 0 bridgehead atoms. The summed E-state index contributed by atoms with van der Waals surface area (Å²) in [4.78, 5) is 0. The van der Waals surface area contributed by atoms with E-state index in [4.69, 9.17) is 19.9 Å². The first-order valence-corrected chi connectivity index (χ1v) is 6.93.